The molecule has 0 radical (unpaired) electrons. The molecular weight excluding hydrogens is 170 g/mol. The van der Waals surface area contributed by atoms with Crippen molar-refractivity contribution in [2.24, 2.45) is 11.7 Å². The molecule has 0 aromatic heterocycles. The molecule has 0 aromatic rings. The molecule has 0 spiro atoms. The van der Waals surface area contributed by atoms with E-state index in [1.165, 1.54) is 0 Å². The van der Waals surface area contributed by atoms with Crippen LogP contribution < -0.4 is 5.73 Å². The van der Waals surface area contributed by atoms with Crippen molar-refractivity contribution < 1.29 is 14.3 Å². The minimum Gasteiger partial charge on any atom is -0.464 e. The summed E-state index contributed by atoms with van der Waals surface area (Å²) in [6, 6.07) is 0. The first-order chi connectivity index (χ1) is 6.31. The molecule has 2 bridgehead atoms. The highest BCUT2D eigenvalue weighted by Gasteiger charge is 2.45. The Morgan fingerprint density at radius 2 is 2.38 bits per heavy atom. The maximum absolute atomic E-state index is 11.4. The summed E-state index contributed by atoms with van der Waals surface area (Å²) in [6.45, 7) is 0.722. The third kappa shape index (κ3) is 1.69. The number of nitrogens with two attached hydrogens (primary N) is 1. The fraction of sp³-hybridized carbons (Fsp3) is 0.889. The number of rotatable bonds is 3. The van der Waals surface area contributed by atoms with Crippen molar-refractivity contribution in [3.05, 3.63) is 0 Å². The van der Waals surface area contributed by atoms with Crippen molar-refractivity contribution in [2.75, 3.05) is 13.2 Å². The van der Waals surface area contributed by atoms with Crippen LogP contribution >= 0.6 is 0 Å². The fourth-order valence-corrected chi connectivity index (χ4v) is 2.15. The first-order valence-electron chi connectivity index (χ1n) is 4.83. The molecule has 4 nitrogen and oxygen atoms in total. The van der Waals surface area contributed by atoms with E-state index in [0.717, 1.165) is 19.3 Å². The van der Waals surface area contributed by atoms with E-state index in [9.17, 15) is 4.79 Å². The molecule has 74 valence electrons. The van der Waals surface area contributed by atoms with Gasteiger partial charge in [-0.3, -0.25) is 4.79 Å². The Balaban J connectivity index is 1.84. The highest BCUT2D eigenvalue weighted by atomic mass is 16.5. The van der Waals surface area contributed by atoms with E-state index in [4.69, 9.17) is 15.2 Å². The molecule has 2 aliphatic rings. The van der Waals surface area contributed by atoms with Gasteiger partial charge < -0.3 is 15.2 Å². The van der Waals surface area contributed by atoms with Gasteiger partial charge in [0, 0.05) is 6.54 Å². The Kier molecular flexibility index (Phi) is 2.51. The lowest BCUT2D eigenvalue weighted by Gasteiger charge is -2.16. The molecule has 2 saturated heterocycles. The van der Waals surface area contributed by atoms with Gasteiger partial charge in [0.2, 0.25) is 0 Å². The highest BCUT2D eigenvalue weighted by molar-refractivity contribution is 5.73. The lowest BCUT2D eigenvalue weighted by Crippen LogP contribution is -2.28. The van der Waals surface area contributed by atoms with E-state index >= 15 is 0 Å². The molecule has 0 amide bonds. The number of esters is 1. The highest BCUT2D eigenvalue weighted by Crippen LogP contribution is 2.39. The summed E-state index contributed by atoms with van der Waals surface area (Å²) < 4.78 is 10.5. The van der Waals surface area contributed by atoms with Crippen LogP contribution in [0.3, 0.4) is 0 Å². The fourth-order valence-electron chi connectivity index (χ4n) is 2.15. The van der Waals surface area contributed by atoms with Gasteiger partial charge >= 0.3 is 5.97 Å². The lowest BCUT2D eigenvalue weighted by molar-refractivity contribution is -0.149. The molecule has 3 unspecified atom stereocenters. The SMILES string of the molecule is NCCOC(=O)C1CC2CCC1O2. The zero-order valence-electron chi connectivity index (χ0n) is 7.57. The predicted molar refractivity (Wildman–Crippen MR) is 46.0 cm³/mol. The van der Waals surface area contributed by atoms with Crippen molar-refractivity contribution in [3.63, 3.8) is 0 Å². The molecule has 0 aliphatic carbocycles. The van der Waals surface area contributed by atoms with Crippen LogP contribution in [0.2, 0.25) is 0 Å². The second-order valence-electron chi connectivity index (χ2n) is 3.67. The summed E-state index contributed by atoms with van der Waals surface area (Å²) in [4.78, 5) is 11.4. The predicted octanol–water partition coefficient (Wildman–Crippen LogP) is 0.0558. The van der Waals surface area contributed by atoms with E-state index in [1.807, 2.05) is 0 Å². The molecule has 2 fully saturated rings. The van der Waals surface area contributed by atoms with Crippen LogP contribution in [0.4, 0.5) is 0 Å². The van der Waals surface area contributed by atoms with Crippen molar-refractivity contribution in [1.82, 2.24) is 0 Å². The number of hydrogen-bond donors (Lipinski definition) is 1. The summed E-state index contributed by atoms with van der Waals surface area (Å²) in [5.74, 6) is -0.150. The molecule has 2 rings (SSSR count). The largest absolute Gasteiger partial charge is 0.464 e. The smallest absolute Gasteiger partial charge is 0.311 e. The van der Waals surface area contributed by atoms with Gasteiger partial charge in [0.1, 0.15) is 6.61 Å². The third-order valence-corrected chi connectivity index (χ3v) is 2.77. The summed E-state index contributed by atoms with van der Waals surface area (Å²) in [7, 11) is 0. The minimum atomic E-state index is -0.127. The van der Waals surface area contributed by atoms with Crippen molar-refractivity contribution in [3.8, 4) is 0 Å². The Bertz CT molecular complexity index is 207. The minimum absolute atomic E-state index is 0.0229. The van der Waals surface area contributed by atoms with E-state index in [2.05, 4.69) is 0 Å². The van der Waals surface area contributed by atoms with Crippen LogP contribution in [0.1, 0.15) is 19.3 Å². The molecule has 0 aromatic carbocycles. The Morgan fingerprint density at radius 1 is 1.54 bits per heavy atom. The molecule has 2 aliphatic heterocycles. The van der Waals surface area contributed by atoms with Gasteiger partial charge in [0.05, 0.1) is 18.1 Å². The van der Waals surface area contributed by atoms with Crippen molar-refractivity contribution in [2.45, 2.75) is 31.5 Å². The number of ether oxygens (including phenoxy) is 2. The molecule has 13 heavy (non-hydrogen) atoms. The maximum atomic E-state index is 11.4. The topological polar surface area (TPSA) is 61.5 Å². The van der Waals surface area contributed by atoms with E-state index in [0.29, 0.717) is 19.3 Å². The number of carbonyl (C=O) groups excluding carboxylic acids is 1. The molecular formula is C9H15NO3. The second-order valence-corrected chi connectivity index (χ2v) is 3.67. The van der Waals surface area contributed by atoms with Crippen LogP contribution in [0, 0.1) is 5.92 Å². The van der Waals surface area contributed by atoms with Crippen LogP contribution in [0.5, 0.6) is 0 Å². The zero-order valence-corrected chi connectivity index (χ0v) is 7.57. The van der Waals surface area contributed by atoms with Crippen LogP contribution in [-0.4, -0.2) is 31.3 Å². The van der Waals surface area contributed by atoms with Gasteiger partial charge in [-0.25, -0.2) is 0 Å². The third-order valence-electron chi connectivity index (χ3n) is 2.77. The number of fused-ring (bicyclic) bond motifs is 2. The van der Waals surface area contributed by atoms with Crippen LogP contribution in [0.15, 0.2) is 0 Å². The first kappa shape index (κ1) is 8.97. The standard InChI is InChI=1S/C9H15NO3/c10-3-4-12-9(11)7-5-6-1-2-8(7)13-6/h6-8H,1-5,10H2. The van der Waals surface area contributed by atoms with Crippen molar-refractivity contribution >= 4 is 5.97 Å². The quantitative estimate of drug-likeness (QED) is 0.631. The van der Waals surface area contributed by atoms with Gasteiger partial charge in [-0.1, -0.05) is 0 Å². The van der Waals surface area contributed by atoms with E-state index in [1.54, 1.807) is 0 Å². The first-order valence-corrected chi connectivity index (χ1v) is 4.83. The monoisotopic (exact) mass is 185 g/mol. The molecule has 0 saturated carbocycles. The second kappa shape index (κ2) is 3.64. The van der Waals surface area contributed by atoms with E-state index < -0.39 is 0 Å². The molecule has 4 heteroatoms. The molecule has 3 atom stereocenters. The van der Waals surface area contributed by atoms with E-state index in [-0.39, 0.29) is 18.0 Å². The Labute approximate surface area is 77.4 Å². The van der Waals surface area contributed by atoms with Gasteiger partial charge in [0.25, 0.3) is 0 Å². The normalized spacial score (nSPS) is 36.5. The van der Waals surface area contributed by atoms with Gasteiger partial charge in [-0.15, -0.1) is 0 Å². The van der Waals surface area contributed by atoms with Crippen molar-refractivity contribution in [1.29, 1.82) is 0 Å². The Morgan fingerprint density at radius 3 is 2.92 bits per heavy atom. The average molecular weight is 185 g/mol. The molecule has 2 heterocycles. The average Bonchev–Trinajstić information content (AvgIpc) is 2.74. The van der Waals surface area contributed by atoms with Gasteiger partial charge in [-0.2, -0.15) is 0 Å². The number of carbonyl (C=O) groups is 1. The summed E-state index contributed by atoms with van der Waals surface area (Å²) >= 11 is 0. The summed E-state index contributed by atoms with van der Waals surface area (Å²) in [5, 5.41) is 0. The lowest BCUT2D eigenvalue weighted by atomic mass is 9.89. The zero-order chi connectivity index (χ0) is 9.26. The Hall–Kier alpha value is -0.610. The van der Waals surface area contributed by atoms with Gasteiger partial charge in [-0.05, 0) is 19.3 Å². The molecule has 2 N–H and O–H groups in total. The van der Waals surface area contributed by atoms with Crippen LogP contribution in [0.25, 0.3) is 0 Å². The summed E-state index contributed by atoms with van der Waals surface area (Å²) in [6.07, 6.45) is 3.38. The number of hydrogen-bond acceptors (Lipinski definition) is 4. The van der Waals surface area contributed by atoms with Crippen LogP contribution in [-0.2, 0) is 14.3 Å². The van der Waals surface area contributed by atoms with Gasteiger partial charge in [0.15, 0.2) is 0 Å². The summed E-state index contributed by atoms with van der Waals surface area (Å²) in [5.41, 5.74) is 5.24. The maximum Gasteiger partial charge on any atom is 0.311 e.